The normalized spacial score (nSPS) is 7.00. The smallest absolute Gasteiger partial charge is 0.210 e. The van der Waals surface area contributed by atoms with Gasteiger partial charge in [-0.3, -0.25) is 0 Å². The van der Waals surface area contributed by atoms with Crippen molar-refractivity contribution in [3.63, 3.8) is 0 Å². The van der Waals surface area contributed by atoms with E-state index < -0.39 is 0 Å². The first-order valence-electron chi connectivity index (χ1n) is 2.27. The maximum Gasteiger partial charge on any atom is 1.00 e. The van der Waals surface area contributed by atoms with Gasteiger partial charge in [-0.2, -0.15) is 18.2 Å². The predicted octanol–water partition coefficient (Wildman–Crippen LogP) is 2.04. The van der Waals surface area contributed by atoms with Crippen LogP contribution in [-0.2, 0) is 17.1 Å². The molecule has 0 aromatic heterocycles. The van der Waals surface area contributed by atoms with Crippen LogP contribution in [0.1, 0.15) is 0 Å². The Morgan fingerprint density at radius 1 is 1.56 bits per heavy atom. The molecule has 0 radical (unpaired) electrons. The molecule has 0 bridgehead atoms. The molecule has 1 nitrogen and oxygen atoms in total. The molecule has 0 aliphatic carbocycles. The molecule has 0 N–H and O–H groups in total. The van der Waals surface area contributed by atoms with Crippen LogP contribution < -0.4 is 0 Å². The van der Waals surface area contributed by atoms with Crippen LogP contribution in [0.2, 0.25) is 0 Å². The molecule has 0 aliphatic heterocycles. The molecule has 0 amide bonds. The zero-order valence-electron chi connectivity index (χ0n) is 4.56. The molecule has 0 unspecified atom stereocenters. The first-order valence-corrected chi connectivity index (χ1v) is 2.27. The van der Waals surface area contributed by atoms with Gasteiger partial charge in [0.15, 0.2) is 0 Å². The Labute approximate surface area is 65.0 Å². The second kappa shape index (κ2) is 4.14. The predicted molar refractivity (Wildman–Crippen MR) is 31.5 cm³/mol. The van der Waals surface area contributed by atoms with E-state index in [1.54, 1.807) is 24.3 Å². The summed E-state index contributed by atoms with van der Waals surface area (Å²) >= 11 is 0. The van der Waals surface area contributed by atoms with Crippen molar-refractivity contribution < 1.29 is 17.1 Å². The maximum absolute atomic E-state index is 6.55. The molecule has 1 aromatic rings. The molecule has 48 valence electrons. The van der Waals surface area contributed by atoms with Crippen LogP contribution in [0.15, 0.2) is 24.3 Å². The van der Waals surface area contributed by atoms with E-state index in [0.717, 1.165) is 0 Å². The fourth-order valence-corrected chi connectivity index (χ4v) is 0.453. The standard InChI is InChI=1S/C7H4N.Cu/c1-8-7-5-3-2-4-6-7;/h2-3,5-6H;/q-1;+1. The fourth-order valence-electron chi connectivity index (χ4n) is 0.453. The van der Waals surface area contributed by atoms with Crippen molar-refractivity contribution in [2.24, 2.45) is 0 Å². The molecule has 2 heteroatoms. The van der Waals surface area contributed by atoms with Crippen molar-refractivity contribution >= 4 is 5.69 Å². The van der Waals surface area contributed by atoms with E-state index in [4.69, 9.17) is 6.57 Å². The largest absolute Gasteiger partial charge is 1.00 e. The van der Waals surface area contributed by atoms with E-state index in [1.165, 1.54) is 0 Å². The first kappa shape index (κ1) is 8.23. The van der Waals surface area contributed by atoms with Gasteiger partial charge >= 0.3 is 17.1 Å². The van der Waals surface area contributed by atoms with E-state index >= 15 is 0 Å². The molecule has 0 atom stereocenters. The third kappa shape index (κ3) is 2.32. The Bertz CT molecular complexity index is 200. The van der Waals surface area contributed by atoms with Crippen LogP contribution in [0.4, 0.5) is 5.69 Å². The van der Waals surface area contributed by atoms with E-state index in [9.17, 15) is 0 Å². The summed E-state index contributed by atoms with van der Waals surface area (Å²) in [6, 6.07) is 9.78. The van der Waals surface area contributed by atoms with Crippen LogP contribution in [0.5, 0.6) is 0 Å². The fraction of sp³-hybridized carbons (Fsp3) is 0. The molecule has 9 heavy (non-hydrogen) atoms. The summed E-state index contributed by atoms with van der Waals surface area (Å²) in [4.78, 5) is 3.19. The average molecular weight is 166 g/mol. The van der Waals surface area contributed by atoms with Crippen molar-refractivity contribution in [1.29, 1.82) is 0 Å². The molecular weight excluding hydrogens is 162 g/mol. The summed E-state index contributed by atoms with van der Waals surface area (Å²) in [6.45, 7) is 6.55. The zero-order valence-corrected chi connectivity index (χ0v) is 5.50. The van der Waals surface area contributed by atoms with Crippen molar-refractivity contribution in [3.05, 3.63) is 41.7 Å². The molecule has 0 saturated heterocycles. The molecule has 1 aromatic carbocycles. The van der Waals surface area contributed by atoms with Crippen molar-refractivity contribution in [3.8, 4) is 0 Å². The summed E-state index contributed by atoms with van der Waals surface area (Å²) < 4.78 is 0. The van der Waals surface area contributed by atoms with Crippen LogP contribution in [0.3, 0.4) is 0 Å². The third-order valence-electron chi connectivity index (χ3n) is 0.820. The van der Waals surface area contributed by atoms with E-state index in [1.807, 2.05) is 0 Å². The number of nitrogens with zero attached hydrogens (tertiary/aromatic N) is 1. The zero-order chi connectivity index (χ0) is 5.82. The molecule has 0 saturated carbocycles. The van der Waals surface area contributed by atoms with Crippen molar-refractivity contribution in [1.82, 2.24) is 0 Å². The van der Waals surface area contributed by atoms with Gasteiger partial charge in [-0.1, -0.05) is 12.1 Å². The van der Waals surface area contributed by atoms with Crippen molar-refractivity contribution in [2.45, 2.75) is 0 Å². The van der Waals surface area contributed by atoms with Gasteiger partial charge in [-0.05, 0) is 0 Å². The minimum absolute atomic E-state index is 0. The summed E-state index contributed by atoms with van der Waals surface area (Å²) in [5, 5.41) is 0. The molecule has 1 rings (SSSR count). The summed E-state index contributed by atoms with van der Waals surface area (Å²) in [5.41, 5.74) is 0.646. The molecular formula is C7H4CuN. The Morgan fingerprint density at radius 3 is 2.67 bits per heavy atom. The average Bonchev–Trinajstić information content (AvgIpc) is 1.90. The van der Waals surface area contributed by atoms with Crippen molar-refractivity contribution in [2.75, 3.05) is 0 Å². The molecule has 0 aliphatic rings. The van der Waals surface area contributed by atoms with Gasteiger partial charge in [0.2, 0.25) is 5.69 Å². The van der Waals surface area contributed by atoms with Crippen LogP contribution in [-0.4, -0.2) is 0 Å². The van der Waals surface area contributed by atoms with Gasteiger partial charge in [0.25, 0.3) is 0 Å². The summed E-state index contributed by atoms with van der Waals surface area (Å²) in [5.74, 6) is 0. The van der Waals surface area contributed by atoms with Gasteiger partial charge < -0.3 is 0 Å². The van der Waals surface area contributed by atoms with Gasteiger partial charge in [0.1, 0.15) is 6.57 Å². The van der Waals surface area contributed by atoms with Gasteiger partial charge in [0.05, 0.1) is 0 Å². The van der Waals surface area contributed by atoms with E-state index in [0.29, 0.717) is 5.69 Å². The Hall–Kier alpha value is -0.771. The first-order chi connectivity index (χ1) is 3.93. The maximum atomic E-state index is 6.55. The summed E-state index contributed by atoms with van der Waals surface area (Å²) in [7, 11) is 0. The van der Waals surface area contributed by atoms with E-state index in [2.05, 4.69) is 10.9 Å². The summed E-state index contributed by atoms with van der Waals surface area (Å²) in [6.07, 6.45) is 0. The van der Waals surface area contributed by atoms with Crippen LogP contribution in [0.25, 0.3) is 4.85 Å². The topological polar surface area (TPSA) is 4.36 Å². The van der Waals surface area contributed by atoms with Gasteiger partial charge in [-0.15, -0.1) is 0 Å². The monoisotopic (exact) mass is 165 g/mol. The molecule has 0 heterocycles. The molecule has 0 spiro atoms. The third-order valence-corrected chi connectivity index (χ3v) is 0.820. The van der Waals surface area contributed by atoms with Crippen LogP contribution in [0, 0.1) is 12.6 Å². The second-order valence-corrected chi connectivity index (χ2v) is 1.37. The second-order valence-electron chi connectivity index (χ2n) is 1.37. The number of hydrogen-bond donors (Lipinski definition) is 0. The SMILES string of the molecule is [C-]#[N+]c1c[c-]ccc1.[Cu+]. The molecule has 0 fully saturated rings. The van der Waals surface area contributed by atoms with Gasteiger partial charge in [0, 0.05) is 0 Å². The Balaban J connectivity index is 0.000000640. The quantitative estimate of drug-likeness (QED) is 0.410. The number of benzene rings is 1. The number of hydrogen-bond acceptors (Lipinski definition) is 0. The minimum atomic E-state index is 0. The Kier molecular flexibility index (Phi) is 3.79. The van der Waals surface area contributed by atoms with E-state index in [-0.39, 0.29) is 17.1 Å². The number of rotatable bonds is 0. The van der Waals surface area contributed by atoms with Crippen LogP contribution >= 0.6 is 0 Å². The Morgan fingerprint density at radius 2 is 2.33 bits per heavy atom. The van der Waals surface area contributed by atoms with Gasteiger partial charge in [-0.25, -0.2) is 4.85 Å². The minimum Gasteiger partial charge on any atom is -0.210 e.